The molecule has 0 atom stereocenters. The molecule has 0 saturated heterocycles. The number of rotatable bonds is 2. The Labute approximate surface area is 81.5 Å². The molecule has 2 rings (SSSR count). The lowest BCUT2D eigenvalue weighted by atomic mass is 10.3. The molecule has 1 heterocycles. The lowest BCUT2D eigenvalue weighted by Gasteiger charge is -2.01. The van der Waals surface area contributed by atoms with E-state index in [1.165, 1.54) is 0 Å². The Bertz CT molecular complexity index is 440. The minimum Gasteiger partial charge on any atom is -0.320 e. The van der Waals surface area contributed by atoms with Crippen molar-refractivity contribution in [3.05, 3.63) is 54.1 Å². The molecule has 0 fully saturated rings. The van der Waals surface area contributed by atoms with Crippen LogP contribution in [0.5, 0.6) is 0 Å². The van der Waals surface area contributed by atoms with Gasteiger partial charge in [0.1, 0.15) is 0 Å². The van der Waals surface area contributed by atoms with Crippen molar-refractivity contribution in [2.45, 2.75) is 0 Å². The SMILES string of the molecule is O=C(Nc1cccnc1)C1=C=CC=C1. The number of hydrogen-bond acceptors (Lipinski definition) is 2. The van der Waals surface area contributed by atoms with Crippen molar-refractivity contribution in [2.24, 2.45) is 0 Å². The van der Waals surface area contributed by atoms with Crippen molar-refractivity contribution in [1.29, 1.82) is 0 Å². The maximum absolute atomic E-state index is 11.5. The highest BCUT2D eigenvalue weighted by Gasteiger charge is 2.07. The molecule has 0 aliphatic heterocycles. The largest absolute Gasteiger partial charge is 0.320 e. The molecule has 1 aliphatic rings. The second kappa shape index (κ2) is 3.73. The predicted octanol–water partition coefficient (Wildman–Crippen LogP) is 1.67. The maximum Gasteiger partial charge on any atom is 0.263 e. The Morgan fingerprint density at radius 2 is 2.43 bits per heavy atom. The first-order valence-electron chi connectivity index (χ1n) is 4.21. The van der Waals surface area contributed by atoms with Crippen LogP contribution >= 0.6 is 0 Å². The standard InChI is InChI=1S/C11H8N2O/c14-11(9-4-1-2-5-9)13-10-6-3-7-12-8-10/h1-4,6-8H,(H,13,14). The van der Waals surface area contributed by atoms with Crippen molar-refractivity contribution in [1.82, 2.24) is 4.98 Å². The van der Waals surface area contributed by atoms with Crippen LogP contribution in [-0.4, -0.2) is 10.9 Å². The fourth-order valence-electron chi connectivity index (χ4n) is 1.11. The van der Waals surface area contributed by atoms with Gasteiger partial charge in [0, 0.05) is 6.20 Å². The van der Waals surface area contributed by atoms with E-state index in [0.29, 0.717) is 11.3 Å². The Morgan fingerprint density at radius 3 is 3.07 bits per heavy atom. The number of amides is 1. The maximum atomic E-state index is 11.5. The van der Waals surface area contributed by atoms with Gasteiger partial charge in [-0.2, -0.15) is 0 Å². The fraction of sp³-hybridized carbons (Fsp3) is 0. The molecule has 1 aromatic rings. The van der Waals surface area contributed by atoms with Crippen LogP contribution in [0.4, 0.5) is 5.69 Å². The third-order valence-electron chi connectivity index (χ3n) is 1.76. The average Bonchev–Trinajstić information content (AvgIpc) is 2.72. The third kappa shape index (κ3) is 1.79. The van der Waals surface area contributed by atoms with Crippen LogP contribution in [0.15, 0.2) is 54.1 Å². The number of pyridine rings is 1. The molecule has 68 valence electrons. The summed E-state index contributed by atoms with van der Waals surface area (Å²) in [5.41, 5.74) is 4.05. The van der Waals surface area contributed by atoms with Gasteiger partial charge in [0.05, 0.1) is 17.5 Å². The summed E-state index contributed by atoms with van der Waals surface area (Å²) in [6.45, 7) is 0. The van der Waals surface area contributed by atoms with E-state index >= 15 is 0 Å². The Kier molecular flexibility index (Phi) is 2.26. The van der Waals surface area contributed by atoms with Crippen LogP contribution in [0.3, 0.4) is 0 Å². The van der Waals surface area contributed by atoms with Gasteiger partial charge in [-0.3, -0.25) is 9.78 Å². The van der Waals surface area contributed by atoms with Crippen molar-refractivity contribution in [3.63, 3.8) is 0 Å². The lowest BCUT2D eigenvalue weighted by Crippen LogP contribution is -2.12. The molecule has 0 saturated carbocycles. The molecule has 14 heavy (non-hydrogen) atoms. The van der Waals surface area contributed by atoms with Crippen molar-refractivity contribution >= 4 is 11.6 Å². The summed E-state index contributed by atoms with van der Waals surface area (Å²) in [4.78, 5) is 15.4. The number of nitrogens with one attached hydrogen (secondary N) is 1. The lowest BCUT2D eigenvalue weighted by molar-refractivity contribution is -0.112. The number of carbonyl (C=O) groups is 1. The van der Waals surface area contributed by atoms with Crippen LogP contribution in [0, 0.1) is 0 Å². The molecule has 1 aliphatic carbocycles. The molecule has 0 spiro atoms. The summed E-state index contributed by atoms with van der Waals surface area (Å²) in [6, 6.07) is 3.55. The summed E-state index contributed by atoms with van der Waals surface area (Å²) >= 11 is 0. The van der Waals surface area contributed by atoms with Gasteiger partial charge in [-0.1, -0.05) is 6.08 Å². The average molecular weight is 184 g/mol. The molecule has 0 radical (unpaired) electrons. The highest BCUT2D eigenvalue weighted by atomic mass is 16.1. The molecule has 1 amide bonds. The predicted molar refractivity (Wildman–Crippen MR) is 53.6 cm³/mol. The zero-order chi connectivity index (χ0) is 9.80. The first kappa shape index (κ1) is 8.48. The normalized spacial score (nSPS) is 12.7. The van der Waals surface area contributed by atoms with Gasteiger partial charge in [-0.05, 0) is 24.3 Å². The smallest absolute Gasteiger partial charge is 0.263 e. The first-order chi connectivity index (χ1) is 6.86. The van der Waals surface area contributed by atoms with Crippen molar-refractivity contribution in [2.75, 3.05) is 5.32 Å². The number of hydrogen-bond donors (Lipinski definition) is 1. The quantitative estimate of drug-likeness (QED) is 0.710. The van der Waals surface area contributed by atoms with E-state index in [2.05, 4.69) is 16.0 Å². The van der Waals surface area contributed by atoms with Gasteiger partial charge in [0.15, 0.2) is 0 Å². The molecule has 3 nitrogen and oxygen atoms in total. The molecule has 3 heteroatoms. The number of allylic oxidation sites excluding steroid dienone is 1. The second-order valence-corrected chi connectivity index (χ2v) is 2.78. The fourth-order valence-corrected chi connectivity index (χ4v) is 1.11. The van der Waals surface area contributed by atoms with E-state index in [9.17, 15) is 4.79 Å². The second-order valence-electron chi connectivity index (χ2n) is 2.78. The monoisotopic (exact) mass is 184 g/mol. The van der Waals surface area contributed by atoms with E-state index in [1.807, 2.05) is 0 Å². The van der Waals surface area contributed by atoms with E-state index in [0.717, 1.165) is 0 Å². The zero-order valence-electron chi connectivity index (χ0n) is 7.40. The van der Waals surface area contributed by atoms with Gasteiger partial charge in [0.25, 0.3) is 5.91 Å². The number of anilines is 1. The van der Waals surface area contributed by atoms with Gasteiger partial charge >= 0.3 is 0 Å². The summed E-state index contributed by atoms with van der Waals surface area (Å²) in [5.74, 6) is -0.164. The summed E-state index contributed by atoms with van der Waals surface area (Å²) < 4.78 is 0. The van der Waals surface area contributed by atoms with Crippen LogP contribution in [0.1, 0.15) is 0 Å². The van der Waals surface area contributed by atoms with E-state index in [4.69, 9.17) is 0 Å². The van der Waals surface area contributed by atoms with E-state index in [-0.39, 0.29) is 5.91 Å². The van der Waals surface area contributed by atoms with Gasteiger partial charge < -0.3 is 5.32 Å². The molecule has 0 unspecified atom stereocenters. The van der Waals surface area contributed by atoms with Gasteiger partial charge in [-0.15, -0.1) is 5.73 Å². The van der Waals surface area contributed by atoms with Gasteiger partial charge in [-0.25, -0.2) is 0 Å². The van der Waals surface area contributed by atoms with Crippen LogP contribution in [0.2, 0.25) is 0 Å². The third-order valence-corrected chi connectivity index (χ3v) is 1.76. The molecule has 0 aromatic carbocycles. The molecular formula is C11H8N2O. The zero-order valence-corrected chi connectivity index (χ0v) is 7.40. The van der Waals surface area contributed by atoms with Crippen molar-refractivity contribution in [3.8, 4) is 0 Å². The summed E-state index contributed by atoms with van der Waals surface area (Å²) in [7, 11) is 0. The van der Waals surface area contributed by atoms with Crippen LogP contribution in [-0.2, 0) is 4.79 Å². The van der Waals surface area contributed by atoms with Crippen LogP contribution < -0.4 is 5.32 Å². The Morgan fingerprint density at radius 1 is 1.50 bits per heavy atom. The summed E-state index contributed by atoms with van der Waals surface area (Å²) in [5, 5.41) is 2.71. The number of nitrogens with zero attached hydrogens (tertiary/aromatic N) is 1. The molecule has 1 N–H and O–H groups in total. The van der Waals surface area contributed by atoms with Crippen LogP contribution in [0.25, 0.3) is 0 Å². The van der Waals surface area contributed by atoms with Gasteiger partial charge in [0.2, 0.25) is 0 Å². The number of aromatic nitrogens is 1. The Balaban J connectivity index is 2.09. The van der Waals surface area contributed by atoms with E-state index < -0.39 is 0 Å². The Hall–Kier alpha value is -2.12. The van der Waals surface area contributed by atoms with Crippen molar-refractivity contribution < 1.29 is 4.79 Å². The molecular weight excluding hydrogens is 176 g/mol. The minimum atomic E-state index is -0.164. The first-order valence-corrected chi connectivity index (χ1v) is 4.21. The highest BCUT2D eigenvalue weighted by molar-refractivity contribution is 6.05. The number of carbonyl (C=O) groups excluding carboxylic acids is 1. The topological polar surface area (TPSA) is 42.0 Å². The summed E-state index contributed by atoms with van der Waals surface area (Å²) in [6.07, 6.45) is 8.45. The highest BCUT2D eigenvalue weighted by Crippen LogP contribution is 2.08. The van der Waals surface area contributed by atoms with E-state index in [1.54, 1.807) is 42.8 Å². The molecule has 0 bridgehead atoms. The minimum absolute atomic E-state index is 0.164. The molecule has 1 aromatic heterocycles.